The minimum Gasteiger partial charge on any atom is -0.508 e. The van der Waals surface area contributed by atoms with Crippen molar-refractivity contribution in [2.45, 2.75) is 116 Å². The largest absolute Gasteiger partial charge is 0.508 e. The summed E-state index contributed by atoms with van der Waals surface area (Å²) in [4.78, 5) is 4.84. The Labute approximate surface area is 234 Å². The molecule has 2 aliphatic heterocycles. The molecular weight excluding hydrogens is 484 g/mol. The van der Waals surface area contributed by atoms with Gasteiger partial charge in [-0.2, -0.15) is 0 Å². The molecule has 0 radical (unpaired) electrons. The molecular formula is C33H48N4O2. The van der Waals surface area contributed by atoms with E-state index in [0.717, 1.165) is 42.7 Å². The molecule has 0 saturated heterocycles. The maximum absolute atomic E-state index is 10.9. The number of aromatic hydroxyl groups is 2. The van der Waals surface area contributed by atoms with Crippen molar-refractivity contribution in [2.75, 3.05) is 16.5 Å². The second-order valence-electron chi connectivity index (χ2n) is 12.8. The lowest BCUT2D eigenvalue weighted by atomic mass is 9.84. The van der Waals surface area contributed by atoms with Gasteiger partial charge < -0.3 is 30.6 Å². The Bertz CT molecular complexity index is 1070. The van der Waals surface area contributed by atoms with Gasteiger partial charge >= 0.3 is 0 Å². The van der Waals surface area contributed by atoms with Gasteiger partial charge in [-0.15, -0.1) is 0 Å². The van der Waals surface area contributed by atoms with Crippen LogP contribution in [-0.2, 0) is 26.2 Å². The molecule has 2 aliphatic carbocycles. The van der Waals surface area contributed by atoms with Gasteiger partial charge in [0.2, 0.25) is 0 Å². The highest BCUT2D eigenvalue weighted by Gasteiger charge is 2.34. The monoisotopic (exact) mass is 532 g/mol. The van der Waals surface area contributed by atoms with E-state index in [4.69, 9.17) is 0 Å². The number of hydrogen-bond acceptors (Lipinski definition) is 6. The molecule has 2 atom stereocenters. The molecule has 2 saturated carbocycles. The molecule has 0 spiro atoms. The SMILES string of the molecule is CC(NCc1c(O)ccc2c1CN1CN2Cc2c1ccc(O)c2CNC(C)C1CCCCC1)C1CCCCC1. The van der Waals surface area contributed by atoms with Gasteiger partial charge in [-0.3, -0.25) is 0 Å². The lowest BCUT2D eigenvalue weighted by molar-refractivity contribution is 0.279. The van der Waals surface area contributed by atoms with Gasteiger partial charge in [0.05, 0.1) is 6.67 Å². The Morgan fingerprint density at radius 2 is 1.08 bits per heavy atom. The highest BCUT2D eigenvalue weighted by molar-refractivity contribution is 5.72. The first-order valence-corrected chi connectivity index (χ1v) is 15.6. The lowest BCUT2D eigenvalue weighted by Gasteiger charge is -2.46. The van der Waals surface area contributed by atoms with Gasteiger partial charge in [-0.05, 0) is 75.6 Å². The summed E-state index contributed by atoms with van der Waals surface area (Å²) >= 11 is 0. The van der Waals surface area contributed by atoms with Crippen LogP contribution in [0.2, 0.25) is 0 Å². The smallest absolute Gasteiger partial charge is 0.120 e. The third kappa shape index (κ3) is 5.47. The molecule has 0 amide bonds. The number of phenolic OH excluding ortho intramolecular Hbond substituents is 2. The van der Waals surface area contributed by atoms with Crippen LogP contribution < -0.4 is 20.4 Å². The minimum atomic E-state index is 0.395. The number of fused-ring (bicyclic) bond motifs is 6. The van der Waals surface area contributed by atoms with Crippen LogP contribution in [0.15, 0.2) is 24.3 Å². The Kier molecular flexibility index (Phi) is 7.95. The lowest BCUT2D eigenvalue weighted by Crippen LogP contribution is -2.47. The first-order valence-electron chi connectivity index (χ1n) is 15.6. The van der Waals surface area contributed by atoms with E-state index in [-0.39, 0.29) is 0 Å². The molecule has 2 unspecified atom stereocenters. The third-order valence-electron chi connectivity index (χ3n) is 10.4. The first-order chi connectivity index (χ1) is 19.0. The van der Waals surface area contributed by atoms with E-state index in [1.54, 1.807) is 0 Å². The van der Waals surface area contributed by atoms with Gasteiger partial charge in [0, 0.05) is 71.9 Å². The number of rotatable bonds is 8. The summed E-state index contributed by atoms with van der Waals surface area (Å²) in [7, 11) is 0. The molecule has 0 aromatic heterocycles. The molecule has 2 fully saturated rings. The van der Waals surface area contributed by atoms with Crippen molar-refractivity contribution in [1.29, 1.82) is 0 Å². The van der Waals surface area contributed by atoms with Crippen LogP contribution in [0.25, 0.3) is 0 Å². The quantitative estimate of drug-likeness (QED) is 0.311. The minimum absolute atomic E-state index is 0.395. The summed E-state index contributed by atoms with van der Waals surface area (Å²) in [5.41, 5.74) is 6.97. The second kappa shape index (κ2) is 11.6. The predicted octanol–water partition coefficient (Wildman–Crippen LogP) is 6.51. The van der Waals surface area contributed by atoms with Crippen molar-refractivity contribution < 1.29 is 10.2 Å². The number of hydrogen-bond donors (Lipinski definition) is 4. The zero-order valence-corrected chi connectivity index (χ0v) is 24.0. The Hall–Kier alpha value is -2.44. The summed E-state index contributed by atoms with van der Waals surface area (Å²) in [5, 5.41) is 29.4. The molecule has 2 aromatic rings. The van der Waals surface area contributed by atoms with E-state index < -0.39 is 0 Å². The summed E-state index contributed by atoms with van der Waals surface area (Å²) in [6.45, 7) is 8.42. The maximum Gasteiger partial charge on any atom is 0.120 e. The van der Waals surface area contributed by atoms with E-state index in [2.05, 4.69) is 46.4 Å². The fourth-order valence-electron chi connectivity index (χ4n) is 7.81. The molecule has 2 aromatic carbocycles. The normalized spacial score (nSPS) is 21.4. The molecule has 2 bridgehead atoms. The number of nitrogens with one attached hydrogen (secondary N) is 2. The van der Waals surface area contributed by atoms with Crippen LogP contribution in [0.5, 0.6) is 11.5 Å². The molecule has 212 valence electrons. The molecule has 6 rings (SSSR count). The Morgan fingerprint density at radius 3 is 1.49 bits per heavy atom. The number of nitrogens with zero attached hydrogens (tertiary/aromatic N) is 2. The molecule has 6 heteroatoms. The van der Waals surface area contributed by atoms with Crippen LogP contribution in [0.3, 0.4) is 0 Å². The Morgan fingerprint density at radius 1 is 0.667 bits per heavy atom. The number of benzene rings is 2. The molecule has 4 aliphatic rings. The van der Waals surface area contributed by atoms with Crippen LogP contribution in [-0.4, -0.2) is 29.0 Å². The van der Waals surface area contributed by atoms with E-state index in [0.29, 0.717) is 36.7 Å². The average molecular weight is 533 g/mol. The topological polar surface area (TPSA) is 71.0 Å². The van der Waals surface area contributed by atoms with E-state index >= 15 is 0 Å². The molecule has 4 N–H and O–H groups in total. The third-order valence-corrected chi connectivity index (χ3v) is 10.4. The van der Waals surface area contributed by atoms with Gasteiger partial charge in [-0.1, -0.05) is 38.5 Å². The standard InChI is InChI=1S/C33H48N4O2/c1-22(24-9-5-3-6-10-24)34-17-26-28-19-36-21-37(30(28)13-15-32(26)38)20-29-27(33(39)16-14-31(29)36)18-35-23(2)25-11-7-4-8-12-25/h13-16,22-25,34-35,38-39H,3-12,17-21H2,1-2H3. The maximum atomic E-state index is 10.9. The molecule has 2 heterocycles. The highest BCUT2D eigenvalue weighted by atomic mass is 16.3. The summed E-state index contributed by atoms with van der Waals surface area (Å²) in [5.74, 6) is 2.26. The van der Waals surface area contributed by atoms with Crippen LogP contribution in [0.1, 0.15) is 100 Å². The zero-order chi connectivity index (χ0) is 26.9. The van der Waals surface area contributed by atoms with Crippen LogP contribution in [0.4, 0.5) is 11.4 Å². The number of anilines is 2. The van der Waals surface area contributed by atoms with E-state index in [1.165, 1.54) is 86.7 Å². The van der Waals surface area contributed by atoms with Crippen molar-refractivity contribution in [3.8, 4) is 11.5 Å². The van der Waals surface area contributed by atoms with Crippen molar-refractivity contribution in [2.24, 2.45) is 11.8 Å². The van der Waals surface area contributed by atoms with Gasteiger partial charge in [0.25, 0.3) is 0 Å². The molecule has 39 heavy (non-hydrogen) atoms. The first kappa shape index (κ1) is 26.8. The van der Waals surface area contributed by atoms with E-state index in [1.807, 2.05) is 12.1 Å². The van der Waals surface area contributed by atoms with Crippen molar-refractivity contribution in [1.82, 2.24) is 10.6 Å². The highest BCUT2D eigenvalue weighted by Crippen LogP contribution is 2.44. The predicted molar refractivity (Wildman–Crippen MR) is 159 cm³/mol. The van der Waals surface area contributed by atoms with Gasteiger partial charge in [0.15, 0.2) is 0 Å². The summed E-state index contributed by atoms with van der Waals surface area (Å²) in [6.07, 6.45) is 13.4. The van der Waals surface area contributed by atoms with Crippen LogP contribution >= 0.6 is 0 Å². The van der Waals surface area contributed by atoms with Gasteiger partial charge in [-0.25, -0.2) is 0 Å². The Balaban J connectivity index is 1.20. The zero-order valence-electron chi connectivity index (χ0n) is 24.0. The molecule has 6 nitrogen and oxygen atoms in total. The van der Waals surface area contributed by atoms with Crippen molar-refractivity contribution in [3.63, 3.8) is 0 Å². The van der Waals surface area contributed by atoms with Crippen molar-refractivity contribution >= 4 is 11.4 Å². The number of phenols is 2. The fourth-order valence-corrected chi connectivity index (χ4v) is 7.81. The summed E-state index contributed by atoms with van der Waals surface area (Å²) < 4.78 is 0. The average Bonchev–Trinajstić information content (AvgIpc) is 2.97. The second-order valence-corrected chi connectivity index (χ2v) is 12.8. The fraction of sp³-hybridized carbons (Fsp3) is 0.636. The summed E-state index contributed by atoms with van der Waals surface area (Å²) in [6, 6.07) is 8.85. The van der Waals surface area contributed by atoms with Gasteiger partial charge in [0.1, 0.15) is 11.5 Å². The van der Waals surface area contributed by atoms with E-state index in [9.17, 15) is 10.2 Å². The van der Waals surface area contributed by atoms with Crippen molar-refractivity contribution in [3.05, 3.63) is 46.5 Å². The van der Waals surface area contributed by atoms with Crippen LogP contribution in [0, 0.1) is 11.8 Å².